The zero-order chi connectivity index (χ0) is 9.26. The van der Waals surface area contributed by atoms with Crippen LogP contribution in [0.4, 0.5) is 8.78 Å². The second-order valence-electron chi connectivity index (χ2n) is 2.35. The Hall–Kier alpha value is -1.79. The monoisotopic (exact) mass is 185 g/mol. The molecule has 5 nitrogen and oxygen atoms in total. The highest BCUT2D eigenvalue weighted by atomic mass is 19.3. The Morgan fingerprint density at radius 1 is 1.46 bits per heavy atom. The smallest absolute Gasteiger partial charge is 0.285 e. The molecule has 7 heteroatoms. The van der Waals surface area contributed by atoms with Crippen molar-refractivity contribution in [1.82, 2.24) is 25.2 Å². The number of hydrogen-bond acceptors (Lipinski definition) is 3. The summed E-state index contributed by atoms with van der Waals surface area (Å²) in [7, 11) is 0. The molecule has 0 spiro atoms. The van der Waals surface area contributed by atoms with Crippen LogP contribution < -0.4 is 0 Å². The lowest BCUT2D eigenvalue weighted by Gasteiger charge is -1.92. The number of halogens is 2. The number of aromatic nitrogens is 5. The number of H-pyrrole nitrogens is 1. The third-order valence-corrected chi connectivity index (χ3v) is 1.50. The van der Waals surface area contributed by atoms with Crippen LogP contribution in [-0.2, 0) is 0 Å². The Kier molecular flexibility index (Phi) is 1.76. The standard InChI is InChI=1S/C6H5F2N5/c7-6(8)13-3-5(11-12-13)4-1-9-10-2-4/h1-3,6H,(H,9,10). The summed E-state index contributed by atoms with van der Waals surface area (Å²) in [6.45, 7) is -2.66. The van der Waals surface area contributed by atoms with Crippen molar-refractivity contribution in [1.29, 1.82) is 0 Å². The largest absolute Gasteiger partial charge is 0.334 e. The van der Waals surface area contributed by atoms with E-state index in [1.807, 2.05) is 0 Å². The van der Waals surface area contributed by atoms with Crippen LogP contribution in [-0.4, -0.2) is 25.2 Å². The summed E-state index contributed by atoms with van der Waals surface area (Å²) in [5.41, 5.74) is 1.00. The van der Waals surface area contributed by atoms with E-state index < -0.39 is 6.55 Å². The first-order valence-electron chi connectivity index (χ1n) is 3.46. The van der Waals surface area contributed by atoms with Gasteiger partial charge in [-0.05, 0) is 0 Å². The third kappa shape index (κ3) is 1.40. The summed E-state index contributed by atoms with van der Waals surface area (Å²) in [4.78, 5) is 0. The molecule has 0 radical (unpaired) electrons. The SMILES string of the molecule is FC(F)n1cc(-c2cn[nH]c2)nn1. The van der Waals surface area contributed by atoms with E-state index in [2.05, 4.69) is 20.5 Å². The van der Waals surface area contributed by atoms with Gasteiger partial charge in [0.1, 0.15) is 5.69 Å². The maximum absolute atomic E-state index is 12.1. The molecule has 0 bridgehead atoms. The van der Waals surface area contributed by atoms with E-state index in [0.29, 0.717) is 15.9 Å². The lowest BCUT2D eigenvalue weighted by Crippen LogP contribution is -1.97. The van der Waals surface area contributed by atoms with Gasteiger partial charge in [0.2, 0.25) is 0 Å². The normalized spacial score (nSPS) is 11.0. The van der Waals surface area contributed by atoms with Gasteiger partial charge in [0.05, 0.1) is 12.4 Å². The number of nitrogens with zero attached hydrogens (tertiary/aromatic N) is 4. The van der Waals surface area contributed by atoms with Crippen molar-refractivity contribution >= 4 is 0 Å². The van der Waals surface area contributed by atoms with Gasteiger partial charge in [0.25, 0.3) is 0 Å². The second-order valence-corrected chi connectivity index (χ2v) is 2.35. The van der Waals surface area contributed by atoms with Crippen molar-refractivity contribution < 1.29 is 8.78 Å². The molecule has 0 saturated heterocycles. The lowest BCUT2D eigenvalue weighted by atomic mass is 10.3. The third-order valence-electron chi connectivity index (χ3n) is 1.50. The van der Waals surface area contributed by atoms with E-state index in [-0.39, 0.29) is 0 Å². The molecule has 0 aliphatic heterocycles. The van der Waals surface area contributed by atoms with Gasteiger partial charge >= 0.3 is 6.55 Å². The molecule has 68 valence electrons. The van der Waals surface area contributed by atoms with Crippen LogP contribution in [0.2, 0.25) is 0 Å². The highest BCUT2D eigenvalue weighted by Gasteiger charge is 2.10. The van der Waals surface area contributed by atoms with Crippen LogP contribution in [0, 0.1) is 0 Å². The average Bonchev–Trinajstić information content (AvgIpc) is 2.75. The number of nitrogens with one attached hydrogen (secondary N) is 1. The summed E-state index contributed by atoms with van der Waals surface area (Å²) in [6, 6.07) is 0. The fourth-order valence-corrected chi connectivity index (χ4v) is 0.895. The minimum absolute atomic E-state index is 0.369. The summed E-state index contributed by atoms with van der Waals surface area (Å²) in [5.74, 6) is 0. The summed E-state index contributed by atoms with van der Waals surface area (Å²) < 4.78 is 24.6. The molecular weight excluding hydrogens is 180 g/mol. The molecule has 2 rings (SSSR count). The van der Waals surface area contributed by atoms with Crippen LogP contribution in [0.3, 0.4) is 0 Å². The van der Waals surface area contributed by atoms with E-state index in [4.69, 9.17) is 0 Å². The molecule has 1 N–H and O–H groups in total. The van der Waals surface area contributed by atoms with Crippen LogP contribution in [0.25, 0.3) is 11.3 Å². The van der Waals surface area contributed by atoms with Gasteiger partial charge < -0.3 is 0 Å². The molecule has 0 unspecified atom stereocenters. The molecule has 0 atom stereocenters. The number of rotatable bonds is 2. The quantitative estimate of drug-likeness (QED) is 0.761. The van der Waals surface area contributed by atoms with Gasteiger partial charge in [-0.15, -0.1) is 5.10 Å². The van der Waals surface area contributed by atoms with Gasteiger partial charge in [-0.2, -0.15) is 18.6 Å². The Balaban J connectivity index is 2.33. The second kappa shape index (κ2) is 2.92. The molecule has 2 heterocycles. The highest BCUT2D eigenvalue weighted by molar-refractivity contribution is 5.54. The fraction of sp³-hybridized carbons (Fsp3) is 0.167. The summed E-state index contributed by atoms with van der Waals surface area (Å²) in [5, 5.41) is 13.0. The number of alkyl halides is 2. The van der Waals surface area contributed by atoms with Crippen molar-refractivity contribution in [3.8, 4) is 11.3 Å². The van der Waals surface area contributed by atoms with Gasteiger partial charge in [-0.1, -0.05) is 5.21 Å². The molecular formula is C6H5F2N5. The maximum Gasteiger partial charge on any atom is 0.334 e. The fourth-order valence-electron chi connectivity index (χ4n) is 0.895. The predicted molar refractivity (Wildman–Crippen MR) is 38.9 cm³/mol. The van der Waals surface area contributed by atoms with Gasteiger partial charge in [0, 0.05) is 11.8 Å². The Morgan fingerprint density at radius 3 is 2.85 bits per heavy atom. The Morgan fingerprint density at radius 2 is 2.31 bits per heavy atom. The minimum Gasteiger partial charge on any atom is -0.285 e. The lowest BCUT2D eigenvalue weighted by molar-refractivity contribution is 0.0546. The van der Waals surface area contributed by atoms with E-state index >= 15 is 0 Å². The molecule has 0 saturated carbocycles. The Bertz CT molecular complexity index is 379. The van der Waals surface area contributed by atoms with Crippen LogP contribution in [0.1, 0.15) is 6.55 Å². The summed E-state index contributed by atoms with van der Waals surface area (Å²) in [6.07, 6.45) is 4.20. The molecule has 0 fully saturated rings. The van der Waals surface area contributed by atoms with Crippen LogP contribution >= 0.6 is 0 Å². The van der Waals surface area contributed by atoms with Crippen molar-refractivity contribution in [3.63, 3.8) is 0 Å². The highest BCUT2D eigenvalue weighted by Crippen LogP contribution is 2.16. The molecule has 0 aliphatic rings. The first-order chi connectivity index (χ1) is 6.27. The van der Waals surface area contributed by atoms with E-state index in [0.717, 1.165) is 6.20 Å². The van der Waals surface area contributed by atoms with Gasteiger partial charge in [-0.25, -0.2) is 0 Å². The number of aromatic amines is 1. The first kappa shape index (κ1) is 7.84. The first-order valence-corrected chi connectivity index (χ1v) is 3.46. The van der Waals surface area contributed by atoms with E-state index in [9.17, 15) is 8.78 Å². The number of hydrogen-bond donors (Lipinski definition) is 1. The molecule has 0 aromatic carbocycles. The zero-order valence-electron chi connectivity index (χ0n) is 6.35. The van der Waals surface area contributed by atoms with Crippen molar-refractivity contribution in [2.24, 2.45) is 0 Å². The van der Waals surface area contributed by atoms with E-state index in [1.165, 1.54) is 6.20 Å². The van der Waals surface area contributed by atoms with Gasteiger partial charge in [0.15, 0.2) is 0 Å². The van der Waals surface area contributed by atoms with E-state index in [1.54, 1.807) is 6.20 Å². The molecule has 0 aliphatic carbocycles. The van der Waals surface area contributed by atoms with Crippen molar-refractivity contribution in [2.75, 3.05) is 0 Å². The average molecular weight is 185 g/mol. The van der Waals surface area contributed by atoms with Crippen molar-refractivity contribution in [3.05, 3.63) is 18.6 Å². The maximum atomic E-state index is 12.1. The topological polar surface area (TPSA) is 59.4 Å². The van der Waals surface area contributed by atoms with Gasteiger partial charge in [-0.3, -0.25) is 5.10 Å². The molecule has 0 amide bonds. The Labute approximate surface area is 71.4 Å². The summed E-state index contributed by atoms with van der Waals surface area (Å²) >= 11 is 0. The molecule has 2 aromatic heterocycles. The van der Waals surface area contributed by atoms with Crippen LogP contribution in [0.5, 0.6) is 0 Å². The molecule has 13 heavy (non-hydrogen) atoms. The van der Waals surface area contributed by atoms with Crippen molar-refractivity contribution in [2.45, 2.75) is 6.55 Å². The molecule has 2 aromatic rings. The minimum atomic E-state index is -2.66. The predicted octanol–water partition coefficient (Wildman–Crippen LogP) is 1.06. The zero-order valence-corrected chi connectivity index (χ0v) is 6.35. The van der Waals surface area contributed by atoms with Crippen LogP contribution in [0.15, 0.2) is 18.6 Å².